The van der Waals surface area contributed by atoms with E-state index >= 15 is 0 Å². The number of ketones is 1. The fourth-order valence-corrected chi connectivity index (χ4v) is 5.63. The summed E-state index contributed by atoms with van der Waals surface area (Å²) in [6.07, 6.45) is 8.83. The van der Waals surface area contributed by atoms with E-state index in [9.17, 15) is 9.59 Å². The standard InChI is InChI=1S/C16H15N3O3.C11H11BrN2O2.C8H9NO.C6H7NO/c1-9-13(5-4-6-17-9)21-14-7-12(8-18-16(14)20)15-10(2)19-22-11(15)3;1-6-10(7(2)16-14-6)8-4-9(12)11(15-3)13-5-8;1-7(10)6-8-4-2-3-5-9-8;1-5-6(8)3-2-4-7-5/h4-8H,1-3H3,(H,18,20);4-5H,1-3H3;2-5H,6H2,1H3;2-4,8H,1H3. The highest BCUT2D eigenvalue weighted by atomic mass is 79.9. The number of aromatic amines is 1. The molecule has 0 saturated carbocycles. The second kappa shape index (κ2) is 20.3. The number of aryl methyl sites for hydroxylation is 6. The summed E-state index contributed by atoms with van der Waals surface area (Å²) in [5.41, 5.74) is 7.12. The van der Waals surface area contributed by atoms with Crippen LogP contribution in [0.15, 0.2) is 104 Å². The van der Waals surface area contributed by atoms with E-state index < -0.39 is 0 Å². The van der Waals surface area contributed by atoms with Gasteiger partial charge in [-0.1, -0.05) is 16.4 Å². The SMILES string of the molecule is CC(=O)Cc1ccccn1.COc1ncc(-c2c(C)noc2C)cc1Br.Cc1ncccc1O.Cc1ncccc1Oc1cc(-c2c(C)noc2C)c[nH]c1=O. The quantitative estimate of drug-likeness (QED) is 0.155. The van der Waals surface area contributed by atoms with Crippen LogP contribution in [-0.2, 0) is 11.2 Å². The van der Waals surface area contributed by atoms with Crippen molar-refractivity contribution in [2.45, 2.75) is 54.9 Å². The second-order valence-electron chi connectivity index (χ2n) is 12.2. The van der Waals surface area contributed by atoms with Crippen LogP contribution in [-0.4, -0.2) is 53.2 Å². The third-order valence-corrected chi connectivity index (χ3v) is 8.40. The van der Waals surface area contributed by atoms with Crippen molar-refractivity contribution in [3.8, 4) is 45.4 Å². The monoisotopic (exact) mass is 823 g/mol. The van der Waals surface area contributed by atoms with Crippen LogP contribution in [0.4, 0.5) is 0 Å². The van der Waals surface area contributed by atoms with Gasteiger partial charge >= 0.3 is 0 Å². The molecule has 0 aliphatic carbocycles. The minimum Gasteiger partial charge on any atom is -0.506 e. The summed E-state index contributed by atoms with van der Waals surface area (Å²) in [4.78, 5) is 41.4. The first kappa shape index (κ1) is 42.3. The molecule has 0 unspecified atom stereocenters. The maximum Gasteiger partial charge on any atom is 0.290 e. The van der Waals surface area contributed by atoms with Crippen molar-refractivity contribution in [3.05, 3.63) is 140 Å². The number of methoxy groups -OCH3 is 1. The van der Waals surface area contributed by atoms with Gasteiger partial charge in [0.05, 0.1) is 34.4 Å². The van der Waals surface area contributed by atoms with Gasteiger partial charge in [0, 0.05) is 65.4 Å². The van der Waals surface area contributed by atoms with Gasteiger partial charge in [0.25, 0.3) is 5.56 Å². The molecule has 15 heteroatoms. The predicted molar refractivity (Wildman–Crippen MR) is 214 cm³/mol. The summed E-state index contributed by atoms with van der Waals surface area (Å²) < 4.78 is 21.9. The maximum absolute atomic E-state index is 12.0. The number of carbonyl (C=O) groups is 1. The Kier molecular flexibility index (Phi) is 15.3. The first-order valence-corrected chi connectivity index (χ1v) is 18.0. The number of halogens is 1. The largest absolute Gasteiger partial charge is 0.506 e. The number of hydrogen-bond acceptors (Lipinski definition) is 13. The lowest BCUT2D eigenvalue weighted by atomic mass is 10.1. The number of rotatable bonds is 7. The molecular weight excluding hydrogens is 782 g/mol. The molecule has 0 aliphatic heterocycles. The molecule has 0 saturated heterocycles. The van der Waals surface area contributed by atoms with Crippen molar-refractivity contribution < 1.29 is 28.4 Å². The van der Waals surface area contributed by atoms with Gasteiger partial charge in [-0.15, -0.1) is 0 Å². The highest BCUT2D eigenvalue weighted by Gasteiger charge is 2.15. The second-order valence-corrected chi connectivity index (χ2v) is 13.0. The minimum atomic E-state index is -0.307. The van der Waals surface area contributed by atoms with Crippen LogP contribution in [0.3, 0.4) is 0 Å². The molecule has 7 rings (SSSR count). The highest BCUT2D eigenvalue weighted by Crippen LogP contribution is 2.32. The van der Waals surface area contributed by atoms with Gasteiger partial charge in [-0.3, -0.25) is 24.5 Å². The number of Topliss-reactive ketones (excluding diaryl/α,β-unsaturated/α-hetero) is 1. The number of nitrogens with one attached hydrogen (secondary N) is 1. The number of hydrogen-bond donors (Lipinski definition) is 2. The molecule has 0 bridgehead atoms. The van der Waals surface area contributed by atoms with Crippen molar-refractivity contribution in [1.29, 1.82) is 0 Å². The topological polar surface area (TPSA) is 192 Å². The molecule has 0 radical (unpaired) electrons. The summed E-state index contributed by atoms with van der Waals surface area (Å²) in [6, 6.07) is 16.0. The van der Waals surface area contributed by atoms with E-state index in [-0.39, 0.29) is 22.8 Å². The Morgan fingerprint density at radius 1 is 0.768 bits per heavy atom. The van der Waals surface area contributed by atoms with E-state index in [1.165, 1.54) is 0 Å². The van der Waals surface area contributed by atoms with Gasteiger partial charge in [0.2, 0.25) is 5.88 Å². The van der Waals surface area contributed by atoms with Gasteiger partial charge in [0.1, 0.15) is 28.8 Å². The molecule has 0 aromatic carbocycles. The van der Waals surface area contributed by atoms with E-state index in [1.807, 2.05) is 58.9 Å². The van der Waals surface area contributed by atoms with Crippen molar-refractivity contribution >= 4 is 21.7 Å². The molecule has 0 amide bonds. The summed E-state index contributed by atoms with van der Waals surface area (Å²) >= 11 is 3.40. The van der Waals surface area contributed by atoms with Crippen molar-refractivity contribution in [2.24, 2.45) is 0 Å². The Bertz CT molecular complexity index is 2370. The molecule has 7 aromatic rings. The van der Waals surface area contributed by atoms with Crippen LogP contribution in [0.5, 0.6) is 23.1 Å². The highest BCUT2D eigenvalue weighted by molar-refractivity contribution is 9.10. The summed E-state index contributed by atoms with van der Waals surface area (Å²) in [5, 5.41) is 16.7. The molecule has 0 spiro atoms. The average Bonchev–Trinajstić information content (AvgIpc) is 3.70. The van der Waals surface area contributed by atoms with Crippen molar-refractivity contribution in [3.63, 3.8) is 0 Å². The van der Waals surface area contributed by atoms with Gasteiger partial charge in [-0.25, -0.2) is 4.98 Å². The van der Waals surface area contributed by atoms with Gasteiger partial charge in [-0.2, -0.15) is 0 Å². The van der Waals surface area contributed by atoms with Crippen LogP contribution in [0.2, 0.25) is 0 Å². The third kappa shape index (κ3) is 11.8. The summed E-state index contributed by atoms with van der Waals surface area (Å²) in [5.74, 6) is 3.20. The lowest BCUT2D eigenvalue weighted by Gasteiger charge is -2.08. The first-order valence-electron chi connectivity index (χ1n) is 17.2. The minimum absolute atomic E-state index is 0.152. The molecule has 56 heavy (non-hydrogen) atoms. The lowest BCUT2D eigenvalue weighted by Crippen LogP contribution is -2.08. The van der Waals surface area contributed by atoms with Crippen molar-refractivity contribution in [1.82, 2.24) is 35.2 Å². The Morgan fingerprint density at radius 3 is 1.89 bits per heavy atom. The fourth-order valence-electron chi connectivity index (χ4n) is 5.11. The fraction of sp³-hybridized carbons (Fsp3) is 0.220. The Balaban J connectivity index is 0.000000179. The van der Waals surface area contributed by atoms with E-state index in [4.69, 9.17) is 23.6 Å². The molecule has 7 aromatic heterocycles. The van der Waals surface area contributed by atoms with Crippen LogP contribution < -0.4 is 15.0 Å². The first-order chi connectivity index (χ1) is 26.8. The Labute approximate surface area is 332 Å². The zero-order chi connectivity index (χ0) is 40.8. The van der Waals surface area contributed by atoms with E-state index in [0.29, 0.717) is 35.2 Å². The number of H-pyrrole nitrogens is 1. The lowest BCUT2D eigenvalue weighted by molar-refractivity contribution is -0.116. The normalized spacial score (nSPS) is 10.2. The predicted octanol–water partition coefficient (Wildman–Crippen LogP) is 8.58. The number of ether oxygens (including phenoxy) is 2. The summed E-state index contributed by atoms with van der Waals surface area (Å²) in [6.45, 7) is 12.6. The number of nitrogens with zero attached hydrogens (tertiary/aromatic N) is 6. The van der Waals surface area contributed by atoms with Crippen molar-refractivity contribution in [2.75, 3.05) is 7.11 Å². The maximum atomic E-state index is 12.0. The molecule has 0 fully saturated rings. The Hall–Kier alpha value is -6.48. The van der Waals surface area contributed by atoms with E-state index in [0.717, 1.165) is 49.6 Å². The van der Waals surface area contributed by atoms with E-state index in [2.05, 4.69) is 51.2 Å². The smallest absolute Gasteiger partial charge is 0.290 e. The van der Waals surface area contributed by atoms with E-state index in [1.54, 1.807) is 82.3 Å². The number of carbonyl (C=O) groups excluding carboxylic acids is 1. The van der Waals surface area contributed by atoms with Gasteiger partial charge < -0.3 is 28.6 Å². The zero-order valence-corrected chi connectivity index (χ0v) is 33.8. The zero-order valence-electron chi connectivity index (χ0n) is 32.2. The van der Waals surface area contributed by atoms with Crippen LogP contribution in [0.1, 0.15) is 46.9 Å². The van der Waals surface area contributed by atoms with Crippen LogP contribution >= 0.6 is 15.9 Å². The molecule has 7 heterocycles. The van der Waals surface area contributed by atoms with Gasteiger partial charge in [-0.05, 0) is 113 Å². The van der Waals surface area contributed by atoms with Gasteiger partial charge in [0.15, 0.2) is 5.75 Å². The molecule has 0 atom stereocenters. The Morgan fingerprint density at radius 2 is 1.39 bits per heavy atom. The number of pyridine rings is 5. The molecule has 0 aliphatic rings. The molecule has 290 valence electrons. The average molecular weight is 825 g/mol. The molecule has 14 nitrogen and oxygen atoms in total. The van der Waals surface area contributed by atoms with Crippen LogP contribution in [0.25, 0.3) is 22.3 Å². The number of aromatic hydroxyl groups is 1. The third-order valence-electron chi connectivity index (χ3n) is 7.83. The summed E-state index contributed by atoms with van der Waals surface area (Å²) in [7, 11) is 1.59. The van der Waals surface area contributed by atoms with Crippen LogP contribution in [0, 0.1) is 41.5 Å². The molecule has 2 N–H and O–H groups in total. The molecular formula is C41H42BrN7O7. The number of aromatic nitrogens is 7.